The van der Waals surface area contributed by atoms with Crippen LogP contribution in [0.2, 0.25) is 0 Å². The third kappa shape index (κ3) is 3.41. The van der Waals surface area contributed by atoms with Crippen LogP contribution in [0.25, 0.3) is 0 Å². The molecule has 1 aromatic rings. The van der Waals surface area contributed by atoms with Crippen molar-refractivity contribution in [1.82, 2.24) is 4.90 Å². The Bertz CT molecular complexity index is 483. The lowest BCUT2D eigenvalue weighted by Crippen LogP contribution is -2.42. The topological polar surface area (TPSA) is 46.3 Å². The lowest BCUT2D eigenvalue weighted by Gasteiger charge is -2.35. The van der Waals surface area contributed by atoms with E-state index in [1.54, 1.807) is 0 Å². The summed E-state index contributed by atoms with van der Waals surface area (Å²) >= 11 is 0. The maximum absolute atomic E-state index is 12.8. The third-order valence-electron chi connectivity index (χ3n) is 4.93. The number of fused-ring (bicyclic) bond motifs is 1. The van der Waals surface area contributed by atoms with Crippen LogP contribution in [-0.4, -0.2) is 30.4 Å². The number of rotatable bonds is 2. The molecule has 116 valence electrons. The van der Waals surface area contributed by atoms with Gasteiger partial charge in [0.05, 0.1) is 5.92 Å². The van der Waals surface area contributed by atoms with Crippen molar-refractivity contribution in [3.8, 4) is 0 Å². The zero-order chi connectivity index (χ0) is 13.9. The van der Waals surface area contributed by atoms with Gasteiger partial charge in [0.2, 0.25) is 5.91 Å². The minimum atomic E-state index is 0. The first-order valence-electron chi connectivity index (χ1n) is 7.86. The average molecular weight is 309 g/mol. The van der Waals surface area contributed by atoms with Gasteiger partial charge < -0.3 is 10.6 Å². The molecular formula is C17H25ClN2O. The highest BCUT2D eigenvalue weighted by atomic mass is 35.5. The fraction of sp³-hybridized carbons (Fsp3) is 0.588. The van der Waals surface area contributed by atoms with Gasteiger partial charge >= 0.3 is 0 Å². The Balaban J connectivity index is 0.00000161. The molecule has 1 fully saturated rings. The summed E-state index contributed by atoms with van der Waals surface area (Å²) in [5, 5.41) is 0. The first-order chi connectivity index (χ1) is 9.79. The van der Waals surface area contributed by atoms with E-state index in [1.807, 2.05) is 0 Å². The van der Waals surface area contributed by atoms with Crippen LogP contribution in [0.5, 0.6) is 0 Å². The van der Waals surface area contributed by atoms with Crippen molar-refractivity contribution in [1.29, 1.82) is 0 Å². The van der Waals surface area contributed by atoms with E-state index in [9.17, 15) is 4.79 Å². The van der Waals surface area contributed by atoms with Crippen molar-refractivity contribution in [2.24, 2.45) is 11.7 Å². The lowest BCUT2D eigenvalue weighted by atomic mass is 9.81. The number of hydrogen-bond donors (Lipinski definition) is 1. The number of halogens is 1. The van der Waals surface area contributed by atoms with Gasteiger partial charge in [0, 0.05) is 13.1 Å². The lowest BCUT2D eigenvalue weighted by molar-refractivity contribution is -0.134. The van der Waals surface area contributed by atoms with Crippen LogP contribution in [0.4, 0.5) is 0 Å². The van der Waals surface area contributed by atoms with Gasteiger partial charge in [-0.05, 0) is 55.7 Å². The smallest absolute Gasteiger partial charge is 0.230 e. The van der Waals surface area contributed by atoms with Crippen molar-refractivity contribution < 1.29 is 4.79 Å². The molecule has 2 N–H and O–H groups in total. The molecule has 2 aliphatic rings. The number of carbonyl (C=O) groups is 1. The maximum atomic E-state index is 12.8. The fourth-order valence-electron chi connectivity index (χ4n) is 3.62. The largest absolute Gasteiger partial charge is 0.342 e. The van der Waals surface area contributed by atoms with Crippen LogP contribution in [-0.2, 0) is 11.2 Å². The first kappa shape index (κ1) is 16.3. The molecule has 0 bridgehead atoms. The van der Waals surface area contributed by atoms with E-state index in [2.05, 4.69) is 29.2 Å². The number of nitrogens with two attached hydrogens (primary N) is 1. The fourth-order valence-corrected chi connectivity index (χ4v) is 3.62. The summed E-state index contributed by atoms with van der Waals surface area (Å²) in [6.07, 6.45) is 5.39. The molecule has 0 aromatic heterocycles. The van der Waals surface area contributed by atoms with Crippen LogP contribution < -0.4 is 5.73 Å². The van der Waals surface area contributed by atoms with Crippen molar-refractivity contribution in [3.63, 3.8) is 0 Å². The molecule has 1 aliphatic heterocycles. The van der Waals surface area contributed by atoms with Crippen LogP contribution in [0.3, 0.4) is 0 Å². The van der Waals surface area contributed by atoms with Crippen molar-refractivity contribution in [3.05, 3.63) is 35.4 Å². The molecule has 4 heteroatoms. The molecule has 3 rings (SSSR count). The van der Waals surface area contributed by atoms with Gasteiger partial charge in [-0.2, -0.15) is 0 Å². The molecule has 0 saturated carbocycles. The van der Waals surface area contributed by atoms with E-state index in [-0.39, 0.29) is 18.3 Å². The Morgan fingerprint density at radius 2 is 1.90 bits per heavy atom. The van der Waals surface area contributed by atoms with Crippen LogP contribution in [0.15, 0.2) is 24.3 Å². The number of carbonyl (C=O) groups excluding carboxylic acids is 1. The van der Waals surface area contributed by atoms with E-state index in [0.29, 0.717) is 11.8 Å². The van der Waals surface area contributed by atoms with Crippen LogP contribution in [0, 0.1) is 5.92 Å². The second-order valence-corrected chi connectivity index (χ2v) is 6.15. The maximum Gasteiger partial charge on any atom is 0.230 e. The molecule has 1 saturated heterocycles. The summed E-state index contributed by atoms with van der Waals surface area (Å²) in [6, 6.07) is 8.46. The number of piperidine rings is 1. The Morgan fingerprint density at radius 1 is 1.19 bits per heavy atom. The Hall–Kier alpha value is -1.06. The van der Waals surface area contributed by atoms with E-state index in [4.69, 9.17) is 5.73 Å². The predicted molar refractivity (Wildman–Crippen MR) is 87.7 cm³/mol. The quantitative estimate of drug-likeness (QED) is 0.913. The average Bonchev–Trinajstić information content (AvgIpc) is 2.54. The Labute approximate surface area is 133 Å². The highest BCUT2D eigenvalue weighted by molar-refractivity contribution is 5.85. The van der Waals surface area contributed by atoms with Crippen molar-refractivity contribution in [2.75, 3.05) is 19.6 Å². The van der Waals surface area contributed by atoms with E-state index in [1.165, 1.54) is 11.1 Å². The summed E-state index contributed by atoms with van der Waals surface area (Å²) in [5.41, 5.74) is 8.37. The number of hydrogen-bond acceptors (Lipinski definition) is 2. The van der Waals surface area contributed by atoms with E-state index in [0.717, 1.165) is 51.7 Å². The summed E-state index contributed by atoms with van der Waals surface area (Å²) in [6.45, 7) is 2.53. The molecule has 3 nitrogen and oxygen atoms in total. The first-order valence-corrected chi connectivity index (χ1v) is 7.86. The Morgan fingerprint density at radius 3 is 2.62 bits per heavy atom. The summed E-state index contributed by atoms with van der Waals surface area (Å²) in [7, 11) is 0. The summed E-state index contributed by atoms with van der Waals surface area (Å²) in [5.74, 6) is 1.04. The summed E-state index contributed by atoms with van der Waals surface area (Å²) in [4.78, 5) is 14.9. The third-order valence-corrected chi connectivity index (χ3v) is 4.93. The molecule has 21 heavy (non-hydrogen) atoms. The monoisotopic (exact) mass is 308 g/mol. The van der Waals surface area contributed by atoms with Crippen molar-refractivity contribution in [2.45, 2.75) is 38.0 Å². The van der Waals surface area contributed by atoms with E-state index < -0.39 is 0 Å². The van der Waals surface area contributed by atoms with Gasteiger partial charge in [0.15, 0.2) is 0 Å². The molecule has 0 radical (unpaired) electrons. The molecule has 1 heterocycles. The van der Waals surface area contributed by atoms with Crippen molar-refractivity contribution >= 4 is 18.3 Å². The second kappa shape index (κ2) is 7.28. The number of nitrogens with zero attached hydrogens (tertiary/aromatic N) is 1. The predicted octanol–water partition coefficient (Wildman–Crippen LogP) is 2.73. The second-order valence-electron chi connectivity index (χ2n) is 6.15. The normalized spacial score (nSPS) is 22.3. The van der Waals surface area contributed by atoms with Gasteiger partial charge in [-0.1, -0.05) is 24.3 Å². The van der Waals surface area contributed by atoms with Gasteiger partial charge in [-0.3, -0.25) is 4.79 Å². The van der Waals surface area contributed by atoms with Gasteiger partial charge in [0.1, 0.15) is 0 Å². The highest BCUT2D eigenvalue weighted by Crippen LogP contribution is 2.33. The number of likely N-dealkylation sites (tertiary alicyclic amines) is 1. The van der Waals surface area contributed by atoms with Gasteiger partial charge in [-0.25, -0.2) is 0 Å². The van der Waals surface area contributed by atoms with Gasteiger partial charge in [-0.15, -0.1) is 12.4 Å². The summed E-state index contributed by atoms with van der Waals surface area (Å²) < 4.78 is 0. The standard InChI is InChI=1S/C17H24N2O.ClH/c18-12-13-8-10-19(11-9-13)17(20)16-7-3-5-14-4-1-2-6-15(14)16;/h1-2,4,6,13,16H,3,5,7-12,18H2;1H. The number of benzene rings is 1. The zero-order valence-electron chi connectivity index (χ0n) is 12.5. The molecule has 0 spiro atoms. The number of amides is 1. The minimum Gasteiger partial charge on any atom is -0.342 e. The molecule has 1 aliphatic carbocycles. The van der Waals surface area contributed by atoms with Gasteiger partial charge in [0.25, 0.3) is 0 Å². The molecule has 1 atom stereocenters. The minimum absolute atomic E-state index is 0. The van der Waals surface area contributed by atoms with Crippen LogP contribution in [0.1, 0.15) is 42.7 Å². The highest BCUT2D eigenvalue weighted by Gasteiger charge is 2.31. The van der Waals surface area contributed by atoms with Crippen LogP contribution >= 0.6 is 12.4 Å². The SMILES string of the molecule is Cl.NCC1CCN(C(=O)C2CCCc3ccccc32)CC1. The molecule has 1 amide bonds. The molecule has 1 aromatic carbocycles. The number of aryl methyl sites for hydroxylation is 1. The molecular weight excluding hydrogens is 284 g/mol. The molecule has 1 unspecified atom stereocenters. The Kier molecular flexibility index (Phi) is 5.65. The van der Waals surface area contributed by atoms with E-state index >= 15 is 0 Å². The zero-order valence-corrected chi connectivity index (χ0v) is 13.3.